The van der Waals surface area contributed by atoms with E-state index in [1.807, 2.05) is 6.07 Å². The average molecular weight is 219 g/mol. The van der Waals surface area contributed by atoms with Gasteiger partial charge in [-0.05, 0) is 18.6 Å². The van der Waals surface area contributed by atoms with E-state index in [1.54, 1.807) is 0 Å². The van der Waals surface area contributed by atoms with Crippen molar-refractivity contribution in [2.24, 2.45) is 5.41 Å². The van der Waals surface area contributed by atoms with Crippen molar-refractivity contribution in [1.82, 2.24) is 0 Å². The molecule has 2 aliphatic heterocycles. The minimum Gasteiger partial charge on any atom is -0.492 e. The maximum absolute atomic E-state index is 5.94. The van der Waals surface area contributed by atoms with Crippen molar-refractivity contribution in [2.75, 3.05) is 31.7 Å². The quantitative estimate of drug-likeness (QED) is 0.844. The van der Waals surface area contributed by atoms with Gasteiger partial charge in [0.15, 0.2) is 0 Å². The molecule has 16 heavy (non-hydrogen) atoms. The highest BCUT2D eigenvalue weighted by Gasteiger charge is 2.34. The molecule has 3 rings (SSSR count). The van der Waals surface area contributed by atoms with Gasteiger partial charge in [-0.25, -0.2) is 0 Å². The summed E-state index contributed by atoms with van der Waals surface area (Å²) in [5, 5.41) is 3.36. The van der Waals surface area contributed by atoms with Crippen molar-refractivity contribution < 1.29 is 9.47 Å². The number of anilines is 1. The molecule has 0 radical (unpaired) electrons. The number of benzene rings is 1. The zero-order chi connectivity index (χ0) is 11.0. The lowest BCUT2D eigenvalue weighted by Gasteiger charge is -2.37. The van der Waals surface area contributed by atoms with Gasteiger partial charge in [-0.2, -0.15) is 0 Å². The first-order valence-corrected chi connectivity index (χ1v) is 5.83. The fourth-order valence-corrected chi connectivity index (χ4v) is 2.23. The molecule has 0 saturated carbocycles. The van der Waals surface area contributed by atoms with E-state index >= 15 is 0 Å². The Morgan fingerprint density at radius 1 is 1.44 bits per heavy atom. The van der Waals surface area contributed by atoms with E-state index in [9.17, 15) is 0 Å². The van der Waals surface area contributed by atoms with Crippen molar-refractivity contribution in [3.8, 4) is 5.75 Å². The number of fused-ring (bicyclic) bond motifs is 1. The second-order valence-corrected chi connectivity index (χ2v) is 5.05. The van der Waals surface area contributed by atoms with E-state index in [4.69, 9.17) is 9.47 Å². The Bertz CT molecular complexity index is 399. The zero-order valence-electron chi connectivity index (χ0n) is 9.58. The van der Waals surface area contributed by atoms with Gasteiger partial charge in [-0.3, -0.25) is 0 Å². The predicted molar refractivity (Wildman–Crippen MR) is 63.1 cm³/mol. The topological polar surface area (TPSA) is 30.5 Å². The summed E-state index contributed by atoms with van der Waals surface area (Å²) in [4.78, 5) is 0. The van der Waals surface area contributed by atoms with Gasteiger partial charge in [-0.1, -0.05) is 13.0 Å². The largest absolute Gasteiger partial charge is 0.492 e. The first-order chi connectivity index (χ1) is 7.77. The van der Waals surface area contributed by atoms with Crippen LogP contribution in [0.2, 0.25) is 0 Å². The molecule has 3 nitrogen and oxygen atoms in total. The third-order valence-corrected chi connectivity index (χ3v) is 3.30. The van der Waals surface area contributed by atoms with Gasteiger partial charge < -0.3 is 14.8 Å². The molecule has 0 atom stereocenters. The summed E-state index contributed by atoms with van der Waals surface area (Å²) < 4.78 is 11.2. The molecule has 1 aromatic rings. The molecule has 0 aliphatic carbocycles. The zero-order valence-corrected chi connectivity index (χ0v) is 9.58. The molecule has 0 spiro atoms. The van der Waals surface area contributed by atoms with Crippen LogP contribution in [0.4, 0.5) is 5.69 Å². The molecule has 2 aliphatic rings. The minimum absolute atomic E-state index is 0.217. The molecule has 86 valence electrons. The summed E-state index contributed by atoms with van der Waals surface area (Å²) in [6.45, 7) is 5.62. The molecule has 3 heteroatoms. The van der Waals surface area contributed by atoms with E-state index in [0.29, 0.717) is 0 Å². The normalized spacial score (nSPS) is 20.8. The fourth-order valence-electron chi connectivity index (χ4n) is 2.23. The average Bonchev–Trinajstić information content (AvgIpc) is 2.72. The second kappa shape index (κ2) is 3.67. The molecule has 0 amide bonds. The lowest BCUT2D eigenvalue weighted by molar-refractivity contribution is -0.120. The molecule has 1 aromatic carbocycles. The third-order valence-electron chi connectivity index (χ3n) is 3.30. The first kappa shape index (κ1) is 9.97. The Morgan fingerprint density at radius 3 is 3.06 bits per heavy atom. The van der Waals surface area contributed by atoms with Crippen LogP contribution in [-0.2, 0) is 11.2 Å². The molecular weight excluding hydrogens is 202 g/mol. The van der Waals surface area contributed by atoms with E-state index in [0.717, 1.165) is 38.5 Å². The Balaban J connectivity index is 1.72. The van der Waals surface area contributed by atoms with Crippen LogP contribution in [0.25, 0.3) is 0 Å². The Hall–Kier alpha value is -1.22. The Labute approximate surface area is 95.8 Å². The molecule has 2 heterocycles. The van der Waals surface area contributed by atoms with Crippen molar-refractivity contribution in [2.45, 2.75) is 13.3 Å². The number of ether oxygens (including phenoxy) is 2. The summed E-state index contributed by atoms with van der Waals surface area (Å²) in [5.74, 6) is 1.04. The predicted octanol–water partition coefficient (Wildman–Crippen LogP) is 2.07. The molecule has 0 aromatic heterocycles. The van der Waals surface area contributed by atoms with Gasteiger partial charge in [0, 0.05) is 23.2 Å². The molecule has 0 unspecified atom stereocenters. The summed E-state index contributed by atoms with van der Waals surface area (Å²) in [5.41, 5.74) is 2.77. The number of hydrogen-bond acceptors (Lipinski definition) is 3. The van der Waals surface area contributed by atoms with Gasteiger partial charge in [0.05, 0.1) is 19.8 Å². The monoisotopic (exact) mass is 219 g/mol. The van der Waals surface area contributed by atoms with E-state index < -0.39 is 0 Å². The maximum atomic E-state index is 5.94. The number of hydrogen-bond donors (Lipinski definition) is 1. The van der Waals surface area contributed by atoms with Crippen LogP contribution in [0.3, 0.4) is 0 Å². The molecule has 1 saturated heterocycles. The van der Waals surface area contributed by atoms with Gasteiger partial charge >= 0.3 is 0 Å². The summed E-state index contributed by atoms with van der Waals surface area (Å²) in [6, 6.07) is 6.23. The van der Waals surface area contributed by atoms with Crippen molar-refractivity contribution in [3.05, 3.63) is 23.8 Å². The standard InChI is InChI=1S/C13H17NO2/c1-13(7-15-8-13)9-16-12-4-2-3-11-10(12)5-6-14-11/h2-4,14H,5-9H2,1H3. The van der Waals surface area contributed by atoms with Crippen LogP contribution in [0.1, 0.15) is 12.5 Å². The highest BCUT2D eigenvalue weighted by molar-refractivity contribution is 5.61. The van der Waals surface area contributed by atoms with Crippen LogP contribution in [0, 0.1) is 5.41 Å². The lowest BCUT2D eigenvalue weighted by atomic mass is 9.90. The van der Waals surface area contributed by atoms with Crippen molar-refractivity contribution in [3.63, 3.8) is 0 Å². The van der Waals surface area contributed by atoms with E-state index in [1.165, 1.54) is 11.3 Å². The third kappa shape index (κ3) is 1.65. The summed E-state index contributed by atoms with van der Waals surface area (Å²) in [7, 11) is 0. The van der Waals surface area contributed by atoms with Gasteiger partial charge in [-0.15, -0.1) is 0 Å². The summed E-state index contributed by atoms with van der Waals surface area (Å²) in [6.07, 6.45) is 1.07. The van der Waals surface area contributed by atoms with Gasteiger partial charge in [0.25, 0.3) is 0 Å². The molecule has 1 fully saturated rings. The number of rotatable bonds is 3. The van der Waals surface area contributed by atoms with E-state index in [2.05, 4.69) is 24.4 Å². The Kier molecular flexibility index (Phi) is 2.28. The number of nitrogens with one attached hydrogen (secondary N) is 1. The van der Waals surface area contributed by atoms with Crippen molar-refractivity contribution in [1.29, 1.82) is 0 Å². The Morgan fingerprint density at radius 2 is 2.31 bits per heavy atom. The van der Waals surface area contributed by atoms with Crippen LogP contribution >= 0.6 is 0 Å². The smallest absolute Gasteiger partial charge is 0.124 e. The van der Waals surface area contributed by atoms with Crippen LogP contribution in [-0.4, -0.2) is 26.4 Å². The molecular formula is C13H17NO2. The van der Waals surface area contributed by atoms with Crippen LogP contribution < -0.4 is 10.1 Å². The van der Waals surface area contributed by atoms with Gasteiger partial charge in [0.1, 0.15) is 5.75 Å². The highest BCUT2D eigenvalue weighted by atomic mass is 16.5. The fraction of sp³-hybridized carbons (Fsp3) is 0.538. The second-order valence-electron chi connectivity index (χ2n) is 5.05. The maximum Gasteiger partial charge on any atom is 0.124 e. The van der Waals surface area contributed by atoms with Crippen LogP contribution in [0.15, 0.2) is 18.2 Å². The molecule has 1 N–H and O–H groups in total. The van der Waals surface area contributed by atoms with E-state index in [-0.39, 0.29) is 5.41 Å². The molecule has 0 bridgehead atoms. The van der Waals surface area contributed by atoms with Gasteiger partial charge in [0.2, 0.25) is 0 Å². The van der Waals surface area contributed by atoms with Crippen LogP contribution in [0.5, 0.6) is 5.75 Å². The first-order valence-electron chi connectivity index (χ1n) is 5.83. The summed E-state index contributed by atoms with van der Waals surface area (Å²) >= 11 is 0. The lowest BCUT2D eigenvalue weighted by Crippen LogP contribution is -2.44. The minimum atomic E-state index is 0.217. The SMILES string of the molecule is CC1(COc2cccc3c2CCN3)COC1. The van der Waals surface area contributed by atoms with Crippen molar-refractivity contribution >= 4 is 5.69 Å². The highest BCUT2D eigenvalue weighted by Crippen LogP contribution is 2.33.